The number of benzene rings is 2. The lowest BCUT2D eigenvalue weighted by Gasteiger charge is -2.06. The predicted molar refractivity (Wildman–Crippen MR) is 99.3 cm³/mol. The number of thiazole rings is 1. The van der Waals surface area contributed by atoms with E-state index in [0.717, 1.165) is 17.0 Å². The van der Waals surface area contributed by atoms with Crippen molar-refractivity contribution >= 4 is 28.2 Å². The molecule has 3 aromatic rings. The third-order valence-electron chi connectivity index (χ3n) is 3.72. The molecule has 2 amide bonds. The molecule has 0 atom stereocenters. The topological polar surface area (TPSA) is 81.7 Å². The lowest BCUT2D eigenvalue weighted by Crippen LogP contribution is -2.19. The van der Waals surface area contributed by atoms with E-state index in [0.29, 0.717) is 22.3 Å². The summed E-state index contributed by atoms with van der Waals surface area (Å²) in [5.74, 6) is 2.03. The molecule has 0 spiro atoms. The first kappa shape index (κ1) is 16.2. The second kappa shape index (κ2) is 6.93. The summed E-state index contributed by atoms with van der Waals surface area (Å²) < 4.78 is 15.8. The van der Waals surface area contributed by atoms with Crippen LogP contribution in [0.25, 0.3) is 11.3 Å². The van der Waals surface area contributed by atoms with Gasteiger partial charge in [-0.3, -0.25) is 5.32 Å². The van der Waals surface area contributed by atoms with E-state index in [2.05, 4.69) is 15.6 Å². The van der Waals surface area contributed by atoms with Crippen LogP contribution in [0, 0.1) is 0 Å². The van der Waals surface area contributed by atoms with E-state index in [9.17, 15) is 4.79 Å². The number of carbonyl (C=O) groups is 1. The summed E-state index contributed by atoms with van der Waals surface area (Å²) in [6.45, 7) is 0.192. The van der Waals surface area contributed by atoms with Gasteiger partial charge in [-0.15, -0.1) is 11.3 Å². The maximum absolute atomic E-state index is 12.2. The van der Waals surface area contributed by atoms with Gasteiger partial charge < -0.3 is 19.5 Å². The van der Waals surface area contributed by atoms with Crippen molar-refractivity contribution in [1.82, 2.24) is 4.98 Å². The van der Waals surface area contributed by atoms with E-state index in [4.69, 9.17) is 14.2 Å². The third kappa shape index (κ3) is 3.40. The maximum atomic E-state index is 12.2. The molecule has 0 aliphatic carbocycles. The first-order valence-electron chi connectivity index (χ1n) is 7.79. The zero-order valence-electron chi connectivity index (χ0n) is 13.8. The predicted octanol–water partition coefficient (Wildman–Crippen LogP) is 4.19. The standard InChI is InChI=1S/C18H15N3O4S/c1-23-13-4-2-3-11(7-13)14-9-26-18(20-14)21-17(22)19-12-5-6-15-16(8-12)25-10-24-15/h2-9H,10H2,1H3,(H2,19,20,21,22). The molecule has 4 rings (SSSR count). The molecule has 2 N–H and O–H groups in total. The Morgan fingerprint density at radius 2 is 2.04 bits per heavy atom. The first-order chi connectivity index (χ1) is 12.7. The van der Waals surface area contributed by atoms with Crippen molar-refractivity contribution in [2.24, 2.45) is 0 Å². The van der Waals surface area contributed by atoms with Crippen molar-refractivity contribution < 1.29 is 19.0 Å². The molecule has 8 heteroatoms. The first-order valence-corrected chi connectivity index (χ1v) is 8.67. The van der Waals surface area contributed by atoms with Crippen LogP contribution < -0.4 is 24.8 Å². The fraction of sp³-hybridized carbons (Fsp3) is 0.111. The highest BCUT2D eigenvalue weighted by atomic mass is 32.1. The number of hydrogen-bond donors (Lipinski definition) is 2. The molecule has 0 saturated carbocycles. The Hall–Kier alpha value is -3.26. The van der Waals surface area contributed by atoms with E-state index in [1.54, 1.807) is 25.3 Å². The van der Waals surface area contributed by atoms with E-state index in [1.165, 1.54) is 11.3 Å². The fourth-order valence-corrected chi connectivity index (χ4v) is 3.19. The van der Waals surface area contributed by atoms with Crippen LogP contribution in [0.5, 0.6) is 17.2 Å². The number of urea groups is 1. The number of aromatic nitrogens is 1. The van der Waals surface area contributed by atoms with E-state index >= 15 is 0 Å². The molecule has 1 aliphatic heterocycles. The molecule has 0 bridgehead atoms. The average molecular weight is 369 g/mol. The molecule has 2 aromatic carbocycles. The second-order valence-electron chi connectivity index (χ2n) is 5.42. The molecule has 2 heterocycles. The number of carbonyl (C=O) groups excluding carboxylic acids is 1. The normalized spacial score (nSPS) is 11.9. The van der Waals surface area contributed by atoms with Gasteiger partial charge in [0.2, 0.25) is 6.79 Å². The molecule has 0 unspecified atom stereocenters. The minimum Gasteiger partial charge on any atom is -0.497 e. The Bertz CT molecular complexity index is 957. The minimum atomic E-state index is -0.379. The Balaban J connectivity index is 1.43. The molecule has 0 saturated heterocycles. The minimum absolute atomic E-state index is 0.192. The lowest BCUT2D eigenvalue weighted by atomic mass is 10.2. The monoisotopic (exact) mass is 369 g/mol. The summed E-state index contributed by atoms with van der Waals surface area (Å²) in [5, 5.41) is 7.86. The molecule has 1 aliphatic rings. The second-order valence-corrected chi connectivity index (χ2v) is 6.28. The van der Waals surface area contributed by atoms with Crippen LogP contribution in [-0.4, -0.2) is 24.9 Å². The summed E-state index contributed by atoms with van der Waals surface area (Å²) in [6.07, 6.45) is 0. The molecular formula is C18H15N3O4S. The van der Waals surface area contributed by atoms with Gasteiger partial charge in [0.05, 0.1) is 12.8 Å². The van der Waals surface area contributed by atoms with Gasteiger partial charge in [-0.05, 0) is 24.3 Å². The van der Waals surface area contributed by atoms with Gasteiger partial charge in [0.15, 0.2) is 16.6 Å². The molecule has 7 nitrogen and oxygen atoms in total. The maximum Gasteiger partial charge on any atom is 0.325 e. The summed E-state index contributed by atoms with van der Waals surface area (Å²) in [4.78, 5) is 16.6. The number of nitrogens with zero attached hydrogens (tertiary/aromatic N) is 1. The van der Waals surface area contributed by atoms with Crippen LogP contribution in [0.2, 0.25) is 0 Å². The van der Waals surface area contributed by atoms with Gasteiger partial charge in [0, 0.05) is 22.7 Å². The van der Waals surface area contributed by atoms with E-state index in [-0.39, 0.29) is 12.8 Å². The van der Waals surface area contributed by atoms with Crippen LogP contribution in [0.3, 0.4) is 0 Å². The molecule has 1 aromatic heterocycles. The Morgan fingerprint density at radius 3 is 2.92 bits per heavy atom. The lowest BCUT2D eigenvalue weighted by molar-refractivity contribution is 0.174. The van der Waals surface area contributed by atoms with Gasteiger partial charge in [0.25, 0.3) is 0 Å². The molecule has 26 heavy (non-hydrogen) atoms. The number of methoxy groups -OCH3 is 1. The molecule has 132 valence electrons. The third-order valence-corrected chi connectivity index (χ3v) is 4.48. The number of nitrogens with one attached hydrogen (secondary N) is 2. The van der Waals surface area contributed by atoms with Gasteiger partial charge in [-0.25, -0.2) is 9.78 Å². The Kier molecular flexibility index (Phi) is 4.32. The van der Waals surface area contributed by atoms with Crippen molar-refractivity contribution in [3.05, 3.63) is 47.8 Å². The van der Waals surface area contributed by atoms with Crippen LogP contribution >= 0.6 is 11.3 Å². The largest absolute Gasteiger partial charge is 0.497 e. The van der Waals surface area contributed by atoms with Crippen LogP contribution in [0.1, 0.15) is 0 Å². The quantitative estimate of drug-likeness (QED) is 0.721. The number of hydrogen-bond acceptors (Lipinski definition) is 6. The highest BCUT2D eigenvalue weighted by Gasteiger charge is 2.14. The summed E-state index contributed by atoms with van der Waals surface area (Å²) in [5.41, 5.74) is 2.30. The molecular weight excluding hydrogens is 354 g/mol. The van der Waals surface area contributed by atoms with Crippen LogP contribution in [-0.2, 0) is 0 Å². The zero-order valence-corrected chi connectivity index (χ0v) is 14.6. The van der Waals surface area contributed by atoms with Gasteiger partial charge in [-0.1, -0.05) is 12.1 Å². The summed E-state index contributed by atoms with van der Waals surface area (Å²) in [7, 11) is 1.62. The fourth-order valence-electron chi connectivity index (χ4n) is 2.48. The smallest absolute Gasteiger partial charge is 0.325 e. The zero-order chi connectivity index (χ0) is 17.9. The van der Waals surface area contributed by atoms with Crippen molar-refractivity contribution in [3.63, 3.8) is 0 Å². The summed E-state index contributed by atoms with van der Waals surface area (Å²) >= 11 is 1.35. The SMILES string of the molecule is COc1cccc(-c2csc(NC(=O)Nc3ccc4c(c3)OCO4)n2)c1. The number of fused-ring (bicyclic) bond motifs is 1. The van der Waals surface area contributed by atoms with Crippen molar-refractivity contribution in [2.75, 3.05) is 24.5 Å². The van der Waals surface area contributed by atoms with E-state index in [1.807, 2.05) is 29.6 Å². The Labute approximate surface area is 153 Å². The Morgan fingerprint density at radius 1 is 1.15 bits per heavy atom. The number of amides is 2. The van der Waals surface area contributed by atoms with Crippen LogP contribution in [0.4, 0.5) is 15.6 Å². The van der Waals surface area contributed by atoms with Gasteiger partial charge in [-0.2, -0.15) is 0 Å². The average Bonchev–Trinajstić information content (AvgIpc) is 3.30. The van der Waals surface area contributed by atoms with E-state index < -0.39 is 0 Å². The molecule has 0 radical (unpaired) electrons. The summed E-state index contributed by atoms with van der Waals surface area (Å²) in [6, 6.07) is 12.4. The van der Waals surface area contributed by atoms with Crippen molar-refractivity contribution in [3.8, 4) is 28.5 Å². The highest BCUT2D eigenvalue weighted by molar-refractivity contribution is 7.14. The van der Waals surface area contributed by atoms with Gasteiger partial charge in [0.1, 0.15) is 5.75 Å². The number of anilines is 2. The number of ether oxygens (including phenoxy) is 3. The molecule has 0 fully saturated rings. The van der Waals surface area contributed by atoms with Crippen molar-refractivity contribution in [2.45, 2.75) is 0 Å². The van der Waals surface area contributed by atoms with Crippen molar-refractivity contribution in [1.29, 1.82) is 0 Å². The van der Waals surface area contributed by atoms with Gasteiger partial charge >= 0.3 is 6.03 Å². The number of rotatable bonds is 4. The highest BCUT2D eigenvalue weighted by Crippen LogP contribution is 2.34. The van der Waals surface area contributed by atoms with Crippen LogP contribution in [0.15, 0.2) is 47.8 Å².